The number of carbonyl (C=O) groups excluding carboxylic acids is 1. The van der Waals surface area contributed by atoms with Gasteiger partial charge in [-0.05, 0) is 52.7 Å². The number of carboxylic acid groups (broad SMARTS) is 1. The van der Waals surface area contributed by atoms with Gasteiger partial charge in [-0.3, -0.25) is 4.79 Å². The van der Waals surface area contributed by atoms with Gasteiger partial charge in [-0.15, -0.1) is 0 Å². The third kappa shape index (κ3) is 2.95. The summed E-state index contributed by atoms with van der Waals surface area (Å²) in [6, 6.07) is 5.37. The second kappa shape index (κ2) is 5.54. The van der Waals surface area contributed by atoms with Gasteiger partial charge in [0.1, 0.15) is 5.54 Å². The highest BCUT2D eigenvalue weighted by molar-refractivity contribution is 9.10. The standard InChI is InChI=1S/C13H14BrNO3S/c1-8-2-3-9(10(14)6-8)11(16)15-13(12(17)18)4-5-19-7-13/h2-3,6H,4-5,7H2,1H3,(H,15,16)(H,17,18). The van der Waals surface area contributed by atoms with E-state index in [0.29, 0.717) is 22.2 Å². The highest BCUT2D eigenvalue weighted by Gasteiger charge is 2.43. The molecular formula is C13H14BrNO3S. The maximum Gasteiger partial charge on any atom is 0.330 e. The Balaban J connectivity index is 2.22. The molecule has 1 aliphatic rings. The predicted molar refractivity (Wildman–Crippen MR) is 78.7 cm³/mol. The zero-order valence-electron chi connectivity index (χ0n) is 10.4. The van der Waals surface area contributed by atoms with Crippen molar-refractivity contribution in [3.8, 4) is 0 Å². The van der Waals surface area contributed by atoms with Gasteiger partial charge >= 0.3 is 5.97 Å². The molecule has 1 heterocycles. The van der Waals surface area contributed by atoms with Crippen molar-refractivity contribution in [2.75, 3.05) is 11.5 Å². The van der Waals surface area contributed by atoms with E-state index >= 15 is 0 Å². The molecule has 0 bridgehead atoms. The van der Waals surface area contributed by atoms with E-state index in [0.717, 1.165) is 11.3 Å². The molecule has 1 fully saturated rings. The van der Waals surface area contributed by atoms with E-state index in [-0.39, 0.29) is 5.91 Å². The van der Waals surface area contributed by atoms with Gasteiger partial charge in [0.05, 0.1) is 5.56 Å². The van der Waals surface area contributed by atoms with Crippen LogP contribution in [0.2, 0.25) is 0 Å². The van der Waals surface area contributed by atoms with Gasteiger partial charge in [0.25, 0.3) is 5.91 Å². The molecule has 1 unspecified atom stereocenters. The summed E-state index contributed by atoms with van der Waals surface area (Å²) in [4.78, 5) is 23.6. The van der Waals surface area contributed by atoms with Gasteiger partial charge in [-0.1, -0.05) is 6.07 Å². The van der Waals surface area contributed by atoms with Crippen molar-refractivity contribution >= 4 is 39.6 Å². The smallest absolute Gasteiger partial charge is 0.330 e. The fourth-order valence-electron chi connectivity index (χ4n) is 1.97. The van der Waals surface area contributed by atoms with Gasteiger partial charge in [0.15, 0.2) is 0 Å². The minimum Gasteiger partial charge on any atom is -0.479 e. The van der Waals surface area contributed by atoms with Gasteiger partial charge in [0, 0.05) is 10.2 Å². The Kier molecular flexibility index (Phi) is 4.20. The molecule has 0 aliphatic carbocycles. The second-order valence-corrected chi connectivity index (χ2v) is 6.59. The fraction of sp³-hybridized carbons (Fsp3) is 0.385. The van der Waals surface area contributed by atoms with E-state index in [1.54, 1.807) is 17.8 Å². The first-order valence-electron chi connectivity index (χ1n) is 5.84. The Labute approximate surface area is 124 Å². The highest BCUT2D eigenvalue weighted by atomic mass is 79.9. The zero-order valence-corrected chi connectivity index (χ0v) is 12.8. The highest BCUT2D eigenvalue weighted by Crippen LogP contribution is 2.29. The predicted octanol–water partition coefficient (Wildman–Crippen LogP) is 2.45. The quantitative estimate of drug-likeness (QED) is 0.884. The normalized spacial score (nSPS) is 22.2. The number of hydrogen-bond acceptors (Lipinski definition) is 3. The van der Waals surface area contributed by atoms with Gasteiger partial charge in [0.2, 0.25) is 0 Å². The van der Waals surface area contributed by atoms with Crippen molar-refractivity contribution in [3.63, 3.8) is 0 Å². The maximum atomic E-state index is 12.2. The minimum absolute atomic E-state index is 0.350. The van der Waals surface area contributed by atoms with Crippen LogP contribution in [0, 0.1) is 6.92 Å². The summed E-state index contributed by atoms with van der Waals surface area (Å²) in [7, 11) is 0. The van der Waals surface area contributed by atoms with Crippen LogP contribution in [0.4, 0.5) is 0 Å². The summed E-state index contributed by atoms with van der Waals surface area (Å²) < 4.78 is 0.677. The lowest BCUT2D eigenvalue weighted by Gasteiger charge is -2.24. The molecule has 0 saturated carbocycles. The van der Waals surface area contributed by atoms with Crippen LogP contribution >= 0.6 is 27.7 Å². The lowest BCUT2D eigenvalue weighted by molar-refractivity contribution is -0.143. The van der Waals surface area contributed by atoms with Gasteiger partial charge in [-0.2, -0.15) is 11.8 Å². The minimum atomic E-state index is -1.13. The average molecular weight is 344 g/mol. The van der Waals surface area contributed by atoms with Crippen LogP contribution in [-0.4, -0.2) is 34.0 Å². The monoisotopic (exact) mass is 343 g/mol. The Bertz CT molecular complexity index is 527. The van der Waals surface area contributed by atoms with Crippen molar-refractivity contribution in [1.82, 2.24) is 5.32 Å². The third-order valence-electron chi connectivity index (χ3n) is 3.15. The molecule has 4 nitrogen and oxygen atoms in total. The molecule has 1 saturated heterocycles. The number of carboxylic acids is 1. The number of thioether (sulfide) groups is 1. The second-order valence-electron chi connectivity index (χ2n) is 4.63. The largest absolute Gasteiger partial charge is 0.479 e. The summed E-state index contributed by atoms with van der Waals surface area (Å²) in [5.41, 5.74) is 0.363. The molecule has 1 aromatic carbocycles. The van der Waals surface area contributed by atoms with Crippen molar-refractivity contribution in [2.24, 2.45) is 0 Å². The van der Waals surface area contributed by atoms with E-state index in [1.165, 1.54) is 0 Å². The van der Waals surface area contributed by atoms with Crippen molar-refractivity contribution in [2.45, 2.75) is 18.9 Å². The average Bonchev–Trinajstić information content (AvgIpc) is 2.78. The first-order chi connectivity index (χ1) is 8.94. The number of halogens is 1. The lowest BCUT2D eigenvalue weighted by Crippen LogP contribution is -2.54. The summed E-state index contributed by atoms with van der Waals surface area (Å²) in [5, 5.41) is 12.0. The molecule has 6 heteroatoms. The number of hydrogen-bond donors (Lipinski definition) is 2. The summed E-state index contributed by atoms with van der Waals surface area (Å²) in [6.45, 7) is 1.93. The van der Waals surface area contributed by atoms with E-state index < -0.39 is 11.5 Å². The molecule has 1 aromatic rings. The van der Waals surface area contributed by atoms with Crippen molar-refractivity contribution in [3.05, 3.63) is 33.8 Å². The number of rotatable bonds is 3. The molecule has 1 atom stereocenters. The number of carbonyl (C=O) groups is 2. The molecule has 102 valence electrons. The number of aliphatic carboxylic acids is 1. The Morgan fingerprint density at radius 1 is 1.47 bits per heavy atom. The third-order valence-corrected chi connectivity index (χ3v) is 5.00. The molecule has 2 N–H and O–H groups in total. The van der Waals surface area contributed by atoms with Crippen LogP contribution in [0.3, 0.4) is 0 Å². The van der Waals surface area contributed by atoms with E-state index in [4.69, 9.17) is 0 Å². The zero-order chi connectivity index (χ0) is 14.0. The molecule has 0 spiro atoms. The topological polar surface area (TPSA) is 66.4 Å². The van der Waals surface area contributed by atoms with Crippen LogP contribution in [-0.2, 0) is 4.79 Å². The maximum absolute atomic E-state index is 12.2. The molecule has 0 radical (unpaired) electrons. The molecule has 19 heavy (non-hydrogen) atoms. The van der Waals surface area contributed by atoms with E-state index in [2.05, 4.69) is 21.2 Å². The first kappa shape index (κ1) is 14.4. The van der Waals surface area contributed by atoms with Crippen LogP contribution < -0.4 is 5.32 Å². The lowest BCUT2D eigenvalue weighted by atomic mass is 9.98. The van der Waals surface area contributed by atoms with Crippen LogP contribution in [0.15, 0.2) is 22.7 Å². The van der Waals surface area contributed by atoms with Gasteiger partial charge < -0.3 is 10.4 Å². The van der Waals surface area contributed by atoms with Crippen LogP contribution in [0.25, 0.3) is 0 Å². The number of benzene rings is 1. The molecular weight excluding hydrogens is 330 g/mol. The molecule has 0 aromatic heterocycles. The van der Waals surface area contributed by atoms with Crippen molar-refractivity contribution in [1.29, 1.82) is 0 Å². The van der Waals surface area contributed by atoms with E-state index in [1.807, 2.05) is 19.1 Å². The summed E-state index contributed by atoms with van der Waals surface area (Å²) in [6.07, 6.45) is 0.461. The Morgan fingerprint density at radius 2 is 2.21 bits per heavy atom. The summed E-state index contributed by atoms with van der Waals surface area (Å²) in [5.74, 6) is -0.148. The Hall–Kier alpha value is -1.01. The molecule has 1 amide bonds. The van der Waals surface area contributed by atoms with Gasteiger partial charge in [-0.25, -0.2) is 4.79 Å². The SMILES string of the molecule is Cc1ccc(C(=O)NC2(C(=O)O)CCSC2)c(Br)c1. The van der Waals surface area contributed by atoms with E-state index in [9.17, 15) is 14.7 Å². The number of aryl methyl sites for hydroxylation is 1. The van der Waals surface area contributed by atoms with Crippen LogP contribution in [0.1, 0.15) is 22.3 Å². The number of amides is 1. The Morgan fingerprint density at radius 3 is 2.74 bits per heavy atom. The first-order valence-corrected chi connectivity index (χ1v) is 7.79. The van der Waals surface area contributed by atoms with Crippen LogP contribution in [0.5, 0.6) is 0 Å². The molecule has 1 aliphatic heterocycles. The van der Waals surface area contributed by atoms with Crippen molar-refractivity contribution < 1.29 is 14.7 Å². The fourth-order valence-corrected chi connectivity index (χ4v) is 3.97. The number of nitrogens with one attached hydrogen (secondary N) is 1. The summed E-state index contributed by atoms with van der Waals surface area (Å²) >= 11 is 4.88. The molecule has 2 rings (SSSR count).